The van der Waals surface area contributed by atoms with Gasteiger partial charge in [-0.15, -0.1) is 11.3 Å². The van der Waals surface area contributed by atoms with Crippen LogP contribution in [0.15, 0.2) is 23.3 Å². The molecule has 2 aliphatic heterocycles. The minimum Gasteiger partial charge on any atom is -0.336 e. The van der Waals surface area contributed by atoms with Gasteiger partial charge in [-0.3, -0.25) is 19.7 Å². The number of nitrogens with zero attached hydrogens (tertiary/aromatic N) is 5. The van der Waals surface area contributed by atoms with Crippen LogP contribution in [0.3, 0.4) is 0 Å². The number of carbonyl (C=O) groups excluding carboxylic acids is 1. The molecule has 138 valence electrons. The highest BCUT2D eigenvalue weighted by atomic mass is 32.1. The third-order valence-electron chi connectivity index (χ3n) is 5.54. The third kappa shape index (κ3) is 3.94. The van der Waals surface area contributed by atoms with Crippen LogP contribution in [-0.2, 0) is 17.9 Å². The topological polar surface area (TPSA) is 62.2 Å². The molecular formula is C19H25N5OS. The Hall–Kier alpha value is -1.86. The number of hydrogen-bond acceptors (Lipinski definition) is 6. The summed E-state index contributed by atoms with van der Waals surface area (Å²) in [5.74, 6) is 0.245. The zero-order valence-electron chi connectivity index (χ0n) is 15.2. The standard InChI is InChI=1S/C19H25N5OS/c1-15-7-21-16(8-20-15)10-24-13-19(5-3-18(24)25)4-2-6-23(12-19)9-17-11-26-14-22-17/h7-8,11,14H,2-6,9-10,12-13H2,1H3/t19-/m0/s1. The Morgan fingerprint density at radius 1 is 1.12 bits per heavy atom. The molecule has 4 heterocycles. The largest absolute Gasteiger partial charge is 0.336 e. The van der Waals surface area contributed by atoms with Crippen molar-refractivity contribution in [2.24, 2.45) is 5.41 Å². The lowest BCUT2D eigenvalue weighted by Gasteiger charge is -2.48. The van der Waals surface area contributed by atoms with E-state index in [0.29, 0.717) is 13.0 Å². The highest BCUT2D eigenvalue weighted by Crippen LogP contribution is 2.39. The quantitative estimate of drug-likeness (QED) is 0.827. The van der Waals surface area contributed by atoms with Crippen molar-refractivity contribution >= 4 is 17.2 Å². The lowest BCUT2D eigenvalue weighted by atomic mass is 9.73. The molecule has 2 saturated heterocycles. The first-order valence-corrected chi connectivity index (χ1v) is 10.2. The number of amides is 1. The van der Waals surface area contributed by atoms with Crippen molar-refractivity contribution in [3.63, 3.8) is 0 Å². The van der Waals surface area contributed by atoms with Gasteiger partial charge in [-0.05, 0) is 32.7 Å². The molecule has 4 rings (SSSR count). The van der Waals surface area contributed by atoms with Gasteiger partial charge in [-0.1, -0.05) is 0 Å². The van der Waals surface area contributed by atoms with Crippen molar-refractivity contribution in [1.29, 1.82) is 0 Å². The maximum absolute atomic E-state index is 12.5. The highest BCUT2D eigenvalue weighted by molar-refractivity contribution is 7.07. The lowest BCUT2D eigenvalue weighted by Crippen LogP contribution is -2.53. The van der Waals surface area contributed by atoms with E-state index in [9.17, 15) is 4.79 Å². The van der Waals surface area contributed by atoms with E-state index in [1.807, 2.05) is 17.3 Å². The molecular weight excluding hydrogens is 346 g/mol. The van der Waals surface area contributed by atoms with Gasteiger partial charge in [-0.2, -0.15) is 0 Å². The molecule has 0 aliphatic carbocycles. The number of likely N-dealkylation sites (tertiary alicyclic amines) is 2. The minimum absolute atomic E-state index is 0.209. The number of aryl methyl sites for hydroxylation is 1. The molecule has 0 aromatic carbocycles. The number of carbonyl (C=O) groups is 1. The summed E-state index contributed by atoms with van der Waals surface area (Å²) in [5.41, 5.74) is 5.04. The highest BCUT2D eigenvalue weighted by Gasteiger charge is 2.41. The smallest absolute Gasteiger partial charge is 0.222 e. The molecule has 0 saturated carbocycles. The summed E-state index contributed by atoms with van der Waals surface area (Å²) in [6.45, 7) is 6.42. The second kappa shape index (κ2) is 7.40. The molecule has 2 aromatic rings. The van der Waals surface area contributed by atoms with E-state index in [4.69, 9.17) is 0 Å². The van der Waals surface area contributed by atoms with Crippen molar-refractivity contribution in [2.75, 3.05) is 19.6 Å². The monoisotopic (exact) mass is 371 g/mol. The summed E-state index contributed by atoms with van der Waals surface area (Å²) in [6, 6.07) is 0. The van der Waals surface area contributed by atoms with Crippen LogP contribution in [0.5, 0.6) is 0 Å². The molecule has 0 bridgehead atoms. The van der Waals surface area contributed by atoms with Crippen molar-refractivity contribution in [1.82, 2.24) is 24.8 Å². The summed E-state index contributed by atoms with van der Waals surface area (Å²) in [6.07, 6.45) is 7.59. The maximum Gasteiger partial charge on any atom is 0.222 e. The van der Waals surface area contributed by atoms with E-state index in [1.165, 1.54) is 12.8 Å². The summed E-state index contributed by atoms with van der Waals surface area (Å²) < 4.78 is 0. The Kier molecular flexibility index (Phi) is 5.00. The van der Waals surface area contributed by atoms with Crippen LogP contribution in [0.2, 0.25) is 0 Å². The Morgan fingerprint density at radius 3 is 2.81 bits per heavy atom. The van der Waals surface area contributed by atoms with Crippen molar-refractivity contribution < 1.29 is 4.79 Å². The second-order valence-corrected chi connectivity index (χ2v) is 8.41. The molecule has 2 aromatic heterocycles. The van der Waals surface area contributed by atoms with Gasteiger partial charge in [0.2, 0.25) is 5.91 Å². The fraction of sp³-hybridized carbons (Fsp3) is 0.579. The summed E-state index contributed by atoms with van der Waals surface area (Å²) >= 11 is 1.65. The Balaban J connectivity index is 1.44. The molecule has 0 unspecified atom stereocenters. The van der Waals surface area contributed by atoms with Crippen LogP contribution < -0.4 is 0 Å². The molecule has 0 radical (unpaired) electrons. The lowest BCUT2D eigenvalue weighted by molar-refractivity contribution is -0.140. The molecule has 2 aliphatic rings. The van der Waals surface area contributed by atoms with Gasteiger partial charge in [0.25, 0.3) is 0 Å². The Morgan fingerprint density at radius 2 is 2.04 bits per heavy atom. The van der Waals surface area contributed by atoms with E-state index in [0.717, 1.165) is 49.7 Å². The van der Waals surface area contributed by atoms with Crippen LogP contribution in [0.4, 0.5) is 0 Å². The van der Waals surface area contributed by atoms with E-state index >= 15 is 0 Å². The van der Waals surface area contributed by atoms with Crippen molar-refractivity contribution in [3.8, 4) is 0 Å². The first-order valence-electron chi connectivity index (χ1n) is 9.27. The average molecular weight is 372 g/mol. The first-order chi connectivity index (χ1) is 12.6. The molecule has 26 heavy (non-hydrogen) atoms. The number of thiazole rings is 1. The van der Waals surface area contributed by atoms with E-state index < -0.39 is 0 Å². The molecule has 1 atom stereocenters. The van der Waals surface area contributed by atoms with Crippen molar-refractivity contribution in [3.05, 3.63) is 40.4 Å². The van der Waals surface area contributed by atoms with Gasteiger partial charge in [0.1, 0.15) is 0 Å². The van der Waals surface area contributed by atoms with Gasteiger partial charge in [0.05, 0.1) is 35.3 Å². The van der Waals surface area contributed by atoms with Crippen LogP contribution >= 0.6 is 11.3 Å². The molecule has 1 spiro atoms. The van der Waals surface area contributed by atoms with E-state index in [2.05, 4.69) is 25.2 Å². The van der Waals surface area contributed by atoms with Gasteiger partial charge in [0, 0.05) is 43.0 Å². The van der Waals surface area contributed by atoms with Crippen LogP contribution in [0, 0.1) is 12.3 Å². The van der Waals surface area contributed by atoms with Gasteiger partial charge in [-0.25, -0.2) is 4.98 Å². The van der Waals surface area contributed by atoms with E-state index in [-0.39, 0.29) is 11.3 Å². The molecule has 6 nitrogen and oxygen atoms in total. The maximum atomic E-state index is 12.5. The Bertz CT molecular complexity index is 748. The SMILES string of the molecule is Cc1cnc(CN2C[C@@]3(CCCN(Cc4cscn4)C3)CCC2=O)cn1. The molecule has 2 fully saturated rings. The predicted molar refractivity (Wildman–Crippen MR) is 100 cm³/mol. The summed E-state index contributed by atoms with van der Waals surface area (Å²) in [7, 11) is 0. The zero-order valence-corrected chi connectivity index (χ0v) is 16.0. The third-order valence-corrected chi connectivity index (χ3v) is 6.18. The second-order valence-electron chi connectivity index (χ2n) is 7.69. The first kappa shape index (κ1) is 17.5. The summed E-state index contributed by atoms with van der Waals surface area (Å²) in [4.78, 5) is 30.2. The van der Waals surface area contributed by atoms with Crippen molar-refractivity contribution in [2.45, 2.75) is 45.7 Å². The summed E-state index contributed by atoms with van der Waals surface area (Å²) in [5, 5.41) is 2.13. The van der Waals surface area contributed by atoms with E-state index in [1.54, 1.807) is 23.7 Å². The van der Waals surface area contributed by atoms with Crippen LogP contribution in [0.25, 0.3) is 0 Å². The van der Waals surface area contributed by atoms with Crippen LogP contribution in [0.1, 0.15) is 42.8 Å². The Labute approximate surface area is 158 Å². The number of hydrogen-bond donors (Lipinski definition) is 0. The number of piperidine rings is 2. The molecule has 0 N–H and O–H groups in total. The number of rotatable bonds is 4. The predicted octanol–water partition coefficient (Wildman–Crippen LogP) is 2.65. The van der Waals surface area contributed by atoms with Gasteiger partial charge in [0.15, 0.2) is 0 Å². The van der Waals surface area contributed by atoms with Gasteiger partial charge >= 0.3 is 0 Å². The minimum atomic E-state index is 0.209. The average Bonchev–Trinajstić information content (AvgIpc) is 3.14. The number of aromatic nitrogens is 3. The zero-order chi connectivity index (χ0) is 18.0. The molecule has 1 amide bonds. The molecule has 7 heteroatoms. The fourth-order valence-electron chi connectivity index (χ4n) is 4.27. The van der Waals surface area contributed by atoms with Gasteiger partial charge < -0.3 is 4.90 Å². The fourth-order valence-corrected chi connectivity index (χ4v) is 4.82. The normalized spacial score (nSPS) is 24.3. The van der Waals surface area contributed by atoms with Crippen LogP contribution in [-0.4, -0.2) is 50.3 Å².